The van der Waals surface area contributed by atoms with Crippen LogP contribution in [0.15, 0.2) is 48.5 Å². The van der Waals surface area contributed by atoms with Crippen molar-refractivity contribution in [3.05, 3.63) is 65.2 Å². The van der Waals surface area contributed by atoms with E-state index < -0.39 is 11.7 Å². The molecule has 0 radical (unpaired) electrons. The third-order valence-corrected chi connectivity index (χ3v) is 3.20. The Labute approximate surface area is 130 Å². The van der Waals surface area contributed by atoms with Gasteiger partial charge in [0.05, 0.1) is 6.54 Å². The molecule has 114 valence electrons. The first-order valence-electron chi connectivity index (χ1n) is 7.15. The van der Waals surface area contributed by atoms with E-state index >= 15 is 0 Å². The Morgan fingerprint density at radius 3 is 2.05 bits per heavy atom. The Balaban J connectivity index is 1.76. The van der Waals surface area contributed by atoms with E-state index in [1.54, 1.807) is 24.3 Å². The van der Waals surface area contributed by atoms with Crippen molar-refractivity contribution in [3.8, 4) is 5.75 Å². The number of nitrogens with one attached hydrogen (secondary N) is 1. The number of amides is 1. The minimum atomic E-state index is -0.614. The standard InChI is InChI=1S/C18H19NO3/c1-13-3-7-15(8-4-13)17(20)18(21)19-11-12-22-16-9-5-14(2)6-10-16/h3-10H,11-12H2,1-2H3,(H,19,21). The number of carbonyl (C=O) groups is 2. The molecule has 4 heteroatoms. The van der Waals surface area contributed by atoms with E-state index in [1.807, 2.05) is 38.1 Å². The van der Waals surface area contributed by atoms with Crippen LogP contribution in [-0.4, -0.2) is 24.8 Å². The average molecular weight is 297 g/mol. The number of Topliss-reactive ketones (excluding diaryl/α,β-unsaturated/α-hetero) is 1. The number of ether oxygens (including phenoxy) is 1. The quantitative estimate of drug-likeness (QED) is 0.507. The highest BCUT2D eigenvalue weighted by Crippen LogP contribution is 2.10. The predicted molar refractivity (Wildman–Crippen MR) is 85.2 cm³/mol. The van der Waals surface area contributed by atoms with Gasteiger partial charge in [0, 0.05) is 5.56 Å². The maximum Gasteiger partial charge on any atom is 0.292 e. The fraction of sp³-hybridized carbons (Fsp3) is 0.222. The van der Waals surface area contributed by atoms with Gasteiger partial charge >= 0.3 is 0 Å². The third kappa shape index (κ3) is 4.45. The lowest BCUT2D eigenvalue weighted by molar-refractivity contribution is -0.117. The van der Waals surface area contributed by atoms with Crippen molar-refractivity contribution in [2.75, 3.05) is 13.2 Å². The summed E-state index contributed by atoms with van der Waals surface area (Å²) in [7, 11) is 0. The van der Waals surface area contributed by atoms with E-state index in [9.17, 15) is 9.59 Å². The molecule has 0 heterocycles. The van der Waals surface area contributed by atoms with E-state index in [-0.39, 0.29) is 6.54 Å². The van der Waals surface area contributed by atoms with Crippen molar-refractivity contribution < 1.29 is 14.3 Å². The molecular weight excluding hydrogens is 278 g/mol. The lowest BCUT2D eigenvalue weighted by Crippen LogP contribution is -2.34. The second kappa shape index (κ2) is 7.41. The molecule has 0 aromatic heterocycles. The van der Waals surface area contributed by atoms with Crippen molar-refractivity contribution in [2.45, 2.75) is 13.8 Å². The zero-order valence-electron chi connectivity index (χ0n) is 12.8. The van der Waals surface area contributed by atoms with Crippen molar-refractivity contribution in [1.82, 2.24) is 5.32 Å². The van der Waals surface area contributed by atoms with Crippen LogP contribution in [0.3, 0.4) is 0 Å². The molecule has 0 bridgehead atoms. The van der Waals surface area contributed by atoms with Gasteiger partial charge in [-0.3, -0.25) is 9.59 Å². The zero-order valence-corrected chi connectivity index (χ0v) is 12.8. The van der Waals surface area contributed by atoms with Crippen molar-refractivity contribution in [1.29, 1.82) is 0 Å². The topological polar surface area (TPSA) is 55.4 Å². The summed E-state index contributed by atoms with van der Waals surface area (Å²) in [5.41, 5.74) is 2.59. The number of hydrogen-bond donors (Lipinski definition) is 1. The Bertz CT molecular complexity index is 645. The molecule has 4 nitrogen and oxygen atoms in total. The van der Waals surface area contributed by atoms with Gasteiger partial charge in [0.1, 0.15) is 12.4 Å². The second-order valence-corrected chi connectivity index (χ2v) is 5.11. The Morgan fingerprint density at radius 1 is 0.909 bits per heavy atom. The summed E-state index contributed by atoms with van der Waals surface area (Å²) in [4.78, 5) is 23.7. The highest BCUT2D eigenvalue weighted by atomic mass is 16.5. The van der Waals surface area contributed by atoms with E-state index in [0.29, 0.717) is 12.2 Å². The molecule has 0 aliphatic heterocycles. The first-order chi connectivity index (χ1) is 10.6. The summed E-state index contributed by atoms with van der Waals surface area (Å²) >= 11 is 0. The molecule has 0 aliphatic carbocycles. The molecule has 0 unspecified atom stereocenters. The van der Waals surface area contributed by atoms with Crippen LogP contribution in [0.1, 0.15) is 21.5 Å². The van der Waals surface area contributed by atoms with Crippen molar-refractivity contribution >= 4 is 11.7 Å². The van der Waals surface area contributed by atoms with Crippen LogP contribution in [0.4, 0.5) is 0 Å². The van der Waals surface area contributed by atoms with Gasteiger partial charge < -0.3 is 10.1 Å². The fourth-order valence-corrected chi connectivity index (χ4v) is 1.88. The van der Waals surface area contributed by atoms with E-state index in [2.05, 4.69) is 5.32 Å². The summed E-state index contributed by atoms with van der Waals surface area (Å²) in [6.45, 7) is 4.53. The first kappa shape index (κ1) is 15.8. The third-order valence-electron chi connectivity index (χ3n) is 3.20. The van der Waals surface area contributed by atoms with Gasteiger partial charge in [-0.15, -0.1) is 0 Å². The molecule has 0 fully saturated rings. The maximum absolute atomic E-state index is 11.9. The second-order valence-electron chi connectivity index (χ2n) is 5.11. The van der Waals surface area contributed by atoms with Crippen LogP contribution >= 0.6 is 0 Å². The van der Waals surface area contributed by atoms with E-state index in [1.165, 1.54) is 0 Å². The molecule has 1 N–H and O–H groups in total. The van der Waals surface area contributed by atoms with Crippen LogP contribution < -0.4 is 10.1 Å². The molecule has 0 aliphatic rings. The number of benzene rings is 2. The lowest BCUT2D eigenvalue weighted by Gasteiger charge is -2.07. The van der Waals surface area contributed by atoms with Crippen LogP contribution in [0.25, 0.3) is 0 Å². The lowest BCUT2D eigenvalue weighted by atomic mass is 10.1. The smallest absolute Gasteiger partial charge is 0.292 e. The maximum atomic E-state index is 11.9. The van der Waals surface area contributed by atoms with Gasteiger partial charge in [-0.2, -0.15) is 0 Å². The van der Waals surface area contributed by atoms with Gasteiger partial charge in [0.15, 0.2) is 0 Å². The summed E-state index contributed by atoms with van der Waals surface area (Å²) in [5.74, 6) is -0.406. The molecule has 2 aromatic rings. The molecule has 2 rings (SSSR count). The van der Waals surface area contributed by atoms with Crippen LogP contribution in [0.5, 0.6) is 5.75 Å². The monoisotopic (exact) mass is 297 g/mol. The summed E-state index contributed by atoms with van der Waals surface area (Å²) in [6.07, 6.45) is 0. The van der Waals surface area contributed by atoms with Crippen LogP contribution in [0, 0.1) is 13.8 Å². The molecule has 0 spiro atoms. The normalized spacial score (nSPS) is 10.1. The van der Waals surface area contributed by atoms with Gasteiger partial charge in [0.2, 0.25) is 5.78 Å². The zero-order chi connectivity index (χ0) is 15.9. The van der Waals surface area contributed by atoms with E-state index in [4.69, 9.17) is 4.74 Å². The summed E-state index contributed by atoms with van der Waals surface area (Å²) < 4.78 is 5.49. The van der Waals surface area contributed by atoms with E-state index in [0.717, 1.165) is 16.9 Å². The molecule has 2 aromatic carbocycles. The largest absolute Gasteiger partial charge is 0.492 e. The Hall–Kier alpha value is -2.62. The average Bonchev–Trinajstić information content (AvgIpc) is 2.53. The predicted octanol–water partition coefficient (Wildman–Crippen LogP) is 2.68. The molecule has 0 saturated carbocycles. The summed E-state index contributed by atoms with van der Waals surface area (Å²) in [5, 5.41) is 2.56. The van der Waals surface area contributed by atoms with Crippen LogP contribution in [-0.2, 0) is 4.79 Å². The first-order valence-corrected chi connectivity index (χ1v) is 7.15. The Morgan fingerprint density at radius 2 is 1.45 bits per heavy atom. The molecular formula is C18H19NO3. The number of carbonyl (C=O) groups excluding carboxylic acids is 2. The molecule has 0 atom stereocenters. The van der Waals surface area contributed by atoms with Gasteiger partial charge in [-0.25, -0.2) is 0 Å². The van der Waals surface area contributed by atoms with Crippen molar-refractivity contribution in [2.24, 2.45) is 0 Å². The van der Waals surface area contributed by atoms with Gasteiger partial charge in [-0.1, -0.05) is 47.5 Å². The minimum Gasteiger partial charge on any atom is -0.492 e. The summed E-state index contributed by atoms with van der Waals surface area (Å²) in [6, 6.07) is 14.6. The molecule has 22 heavy (non-hydrogen) atoms. The highest BCUT2D eigenvalue weighted by molar-refractivity contribution is 6.42. The number of hydrogen-bond acceptors (Lipinski definition) is 3. The SMILES string of the molecule is Cc1ccc(OCCNC(=O)C(=O)c2ccc(C)cc2)cc1. The fourth-order valence-electron chi connectivity index (χ4n) is 1.88. The van der Waals surface area contributed by atoms with Gasteiger partial charge in [-0.05, 0) is 26.0 Å². The number of aryl methyl sites for hydroxylation is 2. The number of rotatable bonds is 6. The highest BCUT2D eigenvalue weighted by Gasteiger charge is 2.15. The number of ketones is 1. The van der Waals surface area contributed by atoms with Crippen molar-refractivity contribution in [3.63, 3.8) is 0 Å². The van der Waals surface area contributed by atoms with Crippen LogP contribution in [0.2, 0.25) is 0 Å². The van der Waals surface area contributed by atoms with Gasteiger partial charge in [0.25, 0.3) is 5.91 Å². The minimum absolute atomic E-state index is 0.282. The molecule has 1 amide bonds. The molecule has 0 saturated heterocycles. The Kier molecular flexibility index (Phi) is 5.31.